The molecule has 3 rings (SSSR count). The van der Waals surface area contributed by atoms with E-state index >= 15 is 0 Å². The van der Waals surface area contributed by atoms with Gasteiger partial charge in [-0.3, -0.25) is 5.32 Å². The van der Waals surface area contributed by atoms with Crippen LogP contribution in [0.2, 0.25) is 0 Å². The van der Waals surface area contributed by atoms with Gasteiger partial charge in [0.15, 0.2) is 9.84 Å². The summed E-state index contributed by atoms with van der Waals surface area (Å²) in [4.78, 5) is 19.0. The molecule has 0 radical (unpaired) electrons. The van der Waals surface area contributed by atoms with Gasteiger partial charge in [0.25, 0.3) is 10.0 Å². The minimum absolute atomic E-state index is 0.0734. The van der Waals surface area contributed by atoms with E-state index in [1.165, 1.54) is 32.4 Å². The lowest BCUT2D eigenvalue weighted by atomic mass is 10.3. The average molecular weight is 443 g/mol. The lowest BCUT2D eigenvalue weighted by Crippen LogP contribution is -2.36. The molecule has 0 saturated heterocycles. The third-order valence-corrected chi connectivity index (χ3v) is 7.12. The molecule has 2 aromatic rings. The van der Waals surface area contributed by atoms with Crippen LogP contribution in [0.25, 0.3) is 0 Å². The van der Waals surface area contributed by atoms with E-state index in [4.69, 9.17) is 9.47 Å². The molecule has 2 amide bonds. The molecule has 0 aliphatic carbocycles. The topological polar surface area (TPSA) is 166 Å². The third-order valence-electron chi connectivity index (χ3n) is 3.82. The number of sulfone groups is 1. The lowest BCUT2D eigenvalue weighted by molar-refractivity contribution is 0.256. The molecule has 12 nitrogen and oxygen atoms in total. The van der Waals surface area contributed by atoms with Crippen molar-refractivity contribution in [3.63, 3.8) is 0 Å². The van der Waals surface area contributed by atoms with Crippen molar-refractivity contribution in [3.05, 3.63) is 24.3 Å². The van der Waals surface area contributed by atoms with Gasteiger partial charge in [-0.05, 0) is 12.1 Å². The minimum Gasteiger partial charge on any atom is -0.481 e. The number of nitrogens with zero attached hydrogens (tertiary/aromatic N) is 2. The minimum atomic E-state index is -4.52. The number of fused-ring (bicyclic) bond motifs is 1. The Labute approximate surface area is 166 Å². The predicted molar refractivity (Wildman–Crippen MR) is 101 cm³/mol. The zero-order valence-electron chi connectivity index (χ0n) is 15.3. The standard InChI is InChI=1S/C15H17N5O7S2/c1-26-11-8-12(27-2)18-14(17-11)19-15(21)20-29(24,25)10-5-3-4-9-13(10)28(22,23)7-6-16-9/h3-5,8,16H,6-7H2,1-2H3,(H2,17,18,19,20,21). The molecule has 0 fully saturated rings. The molecule has 1 aromatic carbocycles. The van der Waals surface area contributed by atoms with Crippen LogP contribution in [0.5, 0.6) is 11.8 Å². The van der Waals surface area contributed by atoms with Gasteiger partial charge >= 0.3 is 6.03 Å². The number of ether oxygens (including phenoxy) is 2. The zero-order valence-corrected chi connectivity index (χ0v) is 16.9. The fourth-order valence-corrected chi connectivity index (χ4v) is 5.73. The first-order valence-corrected chi connectivity index (χ1v) is 11.2. The van der Waals surface area contributed by atoms with Gasteiger partial charge in [0, 0.05) is 6.54 Å². The molecular formula is C15H17N5O7S2. The molecule has 29 heavy (non-hydrogen) atoms. The number of aromatic nitrogens is 2. The highest BCUT2D eigenvalue weighted by atomic mass is 32.2. The van der Waals surface area contributed by atoms with E-state index in [2.05, 4.69) is 20.6 Å². The van der Waals surface area contributed by atoms with Crippen molar-refractivity contribution < 1.29 is 31.1 Å². The van der Waals surface area contributed by atoms with Crippen LogP contribution in [0.15, 0.2) is 34.1 Å². The van der Waals surface area contributed by atoms with E-state index < -0.39 is 30.8 Å². The van der Waals surface area contributed by atoms with Gasteiger partial charge in [-0.2, -0.15) is 9.97 Å². The summed E-state index contributed by atoms with van der Waals surface area (Å²) in [5.41, 5.74) is 0.153. The van der Waals surface area contributed by atoms with Crippen molar-refractivity contribution in [1.29, 1.82) is 0 Å². The highest BCUT2D eigenvalue weighted by molar-refractivity contribution is 7.94. The quantitative estimate of drug-likeness (QED) is 0.581. The molecule has 0 spiro atoms. The van der Waals surface area contributed by atoms with E-state index in [9.17, 15) is 21.6 Å². The summed E-state index contributed by atoms with van der Waals surface area (Å²) in [5, 5.41) is 4.97. The van der Waals surface area contributed by atoms with Gasteiger partial charge in [0.2, 0.25) is 17.7 Å². The molecule has 0 unspecified atom stereocenters. The Morgan fingerprint density at radius 1 is 1.17 bits per heavy atom. The number of sulfonamides is 1. The highest BCUT2D eigenvalue weighted by Gasteiger charge is 2.32. The van der Waals surface area contributed by atoms with Crippen LogP contribution >= 0.6 is 0 Å². The normalized spacial score (nSPS) is 14.8. The van der Waals surface area contributed by atoms with Crippen LogP contribution in [0.4, 0.5) is 16.4 Å². The Morgan fingerprint density at radius 2 is 1.83 bits per heavy atom. The number of hydrogen-bond acceptors (Lipinski definition) is 10. The van der Waals surface area contributed by atoms with Crippen molar-refractivity contribution in [3.8, 4) is 11.8 Å². The van der Waals surface area contributed by atoms with Gasteiger partial charge in [-0.15, -0.1) is 0 Å². The summed E-state index contributed by atoms with van der Waals surface area (Å²) in [5.74, 6) is -0.400. The number of amides is 2. The average Bonchev–Trinajstić information content (AvgIpc) is 2.66. The zero-order chi connectivity index (χ0) is 21.2. The highest BCUT2D eigenvalue weighted by Crippen LogP contribution is 2.32. The molecule has 0 saturated carbocycles. The van der Waals surface area contributed by atoms with E-state index in [1.807, 2.05) is 0 Å². The van der Waals surface area contributed by atoms with Crippen LogP contribution in [-0.4, -0.2) is 59.4 Å². The van der Waals surface area contributed by atoms with Crippen LogP contribution in [0.3, 0.4) is 0 Å². The first kappa shape index (κ1) is 20.6. The van der Waals surface area contributed by atoms with Crippen molar-refractivity contribution in [2.75, 3.05) is 37.2 Å². The van der Waals surface area contributed by atoms with Gasteiger partial charge in [-0.25, -0.2) is 26.4 Å². The van der Waals surface area contributed by atoms with E-state index in [-0.39, 0.29) is 40.6 Å². The van der Waals surface area contributed by atoms with Crippen molar-refractivity contribution >= 4 is 37.5 Å². The Kier molecular flexibility index (Phi) is 5.48. The Balaban J connectivity index is 1.89. The molecular weight excluding hydrogens is 426 g/mol. The number of urea groups is 1. The molecule has 2 heterocycles. The van der Waals surface area contributed by atoms with Crippen LogP contribution in [-0.2, 0) is 19.9 Å². The smallest absolute Gasteiger partial charge is 0.335 e. The number of benzene rings is 1. The molecule has 1 aliphatic rings. The molecule has 3 N–H and O–H groups in total. The molecule has 0 atom stereocenters. The Hall–Kier alpha value is -3.13. The second-order valence-electron chi connectivity index (χ2n) is 5.71. The Morgan fingerprint density at radius 3 is 2.45 bits per heavy atom. The number of methoxy groups -OCH3 is 2. The van der Waals surface area contributed by atoms with Gasteiger partial charge < -0.3 is 14.8 Å². The number of anilines is 2. The monoisotopic (exact) mass is 443 g/mol. The molecule has 156 valence electrons. The maximum atomic E-state index is 12.7. The number of carbonyl (C=O) groups excluding carboxylic acids is 1. The fourth-order valence-electron chi connectivity index (χ4n) is 2.58. The number of hydrogen-bond donors (Lipinski definition) is 3. The molecule has 1 aliphatic heterocycles. The Bertz CT molecular complexity index is 1140. The lowest BCUT2D eigenvalue weighted by Gasteiger charge is -2.21. The summed E-state index contributed by atoms with van der Waals surface area (Å²) in [6.45, 7) is 0.155. The van der Waals surface area contributed by atoms with E-state index in [1.54, 1.807) is 4.72 Å². The summed E-state index contributed by atoms with van der Waals surface area (Å²) >= 11 is 0. The molecule has 1 aromatic heterocycles. The van der Waals surface area contributed by atoms with Crippen molar-refractivity contribution in [1.82, 2.24) is 14.7 Å². The fraction of sp³-hybridized carbons (Fsp3) is 0.267. The van der Waals surface area contributed by atoms with E-state index in [0.29, 0.717) is 0 Å². The largest absolute Gasteiger partial charge is 0.481 e. The summed E-state index contributed by atoms with van der Waals surface area (Å²) in [7, 11) is -5.69. The second kappa shape index (κ2) is 7.71. The van der Waals surface area contributed by atoms with Gasteiger partial charge in [0.05, 0.1) is 31.7 Å². The van der Waals surface area contributed by atoms with Gasteiger partial charge in [-0.1, -0.05) is 6.07 Å². The van der Waals surface area contributed by atoms with Crippen LogP contribution in [0, 0.1) is 0 Å². The maximum absolute atomic E-state index is 12.7. The second-order valence-corrected chi connectivity index (χ2v) is 9.41. The van der Waals surface area contributed by atoms with Gasteiger partial charge in [0.1, 0.15) is 9.79 Å². The first-order chi connectivity index (χ1) is 13.7. The van der Waals surface area contributed by atoms with E-state index in [0.717, 1.165) is 6.07 Å². The summed E-state index contributed by atoms with van der Waals surface area (Å²) < 4.78 is 61.8. The third kappa shape index (κ3) is 4.32. The number of nitrogens with one attached hydrogen (secondary N) is 3. The number of rotatable bonds is 5. The maximum Gasteiger partial charge on any atom is 0.335 e. The van der Waals surface area contributed by atoms with Crippen molar-refractivity contribution in [2.45, 2.75) is 9.79 Å². The van der Waals surface area contributed by atoms with Crippen LogP contribution < -0.4 is 24.8 Å². The molecule has 14 heteroatoms. The first-order valence-electron chi connectivity index (χ1n) is 8.07. The SMILES string of the molecule is COc1cc(OC)nc(NC(=O)NS(=O)(=O)c2cccc3c2S(=O)(=O)CCN3)n1. The summed E-state index contributed by atoms with van der Waals surface area (Å²) in [6, 6.07) is 4.08. The van der Waals surface area contributed by atoms with Crippen LogP contribution in [0.1, 0.15) is 0 Å². The predicted octanol–water partition coefficient (Wildman–Crippen LogP) is 0.203. The summed E-state index contributed by atoms with van der Waals surface area (Å²) in [6.07, 6.45) is 0. The van der Waals surface area contributed by atoms with Crippen molar-refractivity contribution in [2.24, 2.45) is 0 Å². The number of carbonyl (C=O) groups is 1. The molecule has 0 bridgehead atoms.